The van der Waals surface area contributed by atoms with Gasteiger partial charge in [-0.1, -0.05) is 43.2 Å². The van der Waals surface area contributed by atoms with Gasteiger partial charge in [0.25, 0.3) is 0 Å². The number of rotatable bonds is 5. The van der Waals surface area contributed by atoms with E-state index in [4.69, 9.17) is 0 Å². The number of hydrogen-bond acceptors (Lipinski definition) is 3. The van der Waals surface area contributed by atoms with E-state index in [1.807, 2.05) is 12.4 Å². The lowest BCUT2D eigenvalue weighted by molar-refractivity contribution is -0.134. The van der Waals surface area contributed by atoms with Crippen LogP contribution in [0.25, 0.3) is 0 Å². The van der Waals surface area contributed by atoms with Crippen molar-refractivity contribution in [3.05, 3.63) is 48.0 Å². The summed E-state index contributed by atoms with van der Waals surface area (Å²) in [7, 11) is 0. The Morgan fingerprint density at radius 1 is 1.12 bits per heavy atom. The van der Waals surface area contributed by atoms with Gasteiger partial charge in [0.05, 0.1) is 6.54 Å². The Morgan fingerprint density at radius 3 is 2.72 bits per heavy atom. The zero-order valence-corrected chi connectivity index (χ0v) is 14.7. The summed E-state index contributed by atoms with van der Waals surface area (Å²) in [6, 6.07) is 10.4. The summed E-state index contributed by atoms with van der Waals surface area (Å²) >= 11 is 0. The summed E-state index contributed by atoms with van der Waals surface area (Å²) in [4.78, 5) is 14.7. The summed E-state index contributed by atoms with van der Waals surface area (Å²) < 4.78 is 2.14. The molecule has 132 valence electrons. The molecule has 1 aliphatic carbocycles. The molecule has 2 aliphatic rings. The summed E-state index contributed by atoms with van der Waals surface area (Å²) in [5, 5.41) is 8.44. The fraction of sp³-hybridized carbons (Fsp3) is 0.550. The molecule has 1 aromatic carbocycles. The van der Waals surface area contributed by atoms with Gasteiger partial charge in [-0.25, -0.2) is 0 Å². The molecule has 1 atom stereocenters. The first-order valence-electron chi connectivity index (χ1n) is 9.49. The maximum Gasteiger partial charge on any atom is 0.225 e. The van der Waals surface area contributed by atoms with E-state index < -0.39 is 0 Å². The molecule has 2 heterocycles. The highest BCUT2D eigenvalue weighted by Gasteiger charge is 2.32. The molecule has 1 aliphatic heterocycles. The van der Waals surface area contributed by atoms with Crippen LogP contribution in [-0.4, -0.2) is 38.7 Å². The minimum atomic E-state index is 0.292. The van der Waals surface area contributed by atoms with Gasteiger partial charge in [0.1, 0.15) is 12.2 Å². The van der Waals surface area contributed by atoms with Crippen LogP contribution in [0.1, 0.15) is 43.5 Å². The smallest absolute Gasteiger partial charge is 0.225 e. The highest BCUT2D eigenvalue weighted by molar-refractivity contribution is 5.79. The third-order valence-electron chi connectivity index (χ3n) is 5.66. The van der Waals surface area contributed by atoms with Crippen LogP contribution in [0.4, 0.5) is 0 Å². The number of aromatic nitrogens is 3. The molecule has 0 spiro atoms. The van der Waals surface area contributed by atoms with Gasteiger partial charge < -0.3 is 9.47 Å². The Labute approximate surface area is 149 Å². The molecular formula is C20H26N4O. The van der Waals surface area contributed by atoms with E-state index in [1.165, 1.54) is 18.4 Å². The molecule has 1 unspecified atom stereocenters. The van der Waals surface area contributed by atoms with Crippen LogP contribution in [0.5, 0.6) is 0 Å². The second-order valence-electron chi connectivity index (χ2n) is 7.49. The summed E-state index contributed by atoms with van der Waals surface area (Å²) in [6.45, 7) is 2.60. The zero-order chi connectivity index (χ0) is 17.1. The second kappa shape index (κ2) is 7.38. The van der Waals surface area contributed by atoms with Crippen LogP contribution >= 0.6 is 0 Å². The summed E-state index contributed by atoms with van der Waals surface area (Å²) in [6.07, 6.45) is 8.42. The maximum absolute atomic E-state index is 12.6. The normalized spacial score (nSPS) is 21.1. The second-order valence-corrected chi connectivity index (χ2v) is 7.49. The van der Waals surface area contributed by atoms with Crippen molar-refractivity contribution in [1.82, 2.24) is 19.7 Å². The van der Waals surface area contributed by atoms with Gasteiger partial charge >= 0.3 is 0 Å². The van der Waals surface area contributed by atoms with Crippen molar-refractivity contribution in [2.75, 3.05) is 13.1 Å². The first kappa shape index (κ1) is 16.3. The van der Waals surface area contributed by atoms with Crippen molar-refractivity contribution < 1.29 is 4.79 Å². The van der Waals surface area contributed by atoms with Gasteiger partial charge in [-0.15, -0.1) is 10.2 Å². The Balaban J connectivity index is 1.35. The number of likely N-dealkylation sites (tertiary alicyclic amines) is 1. The van der Waals surface area contributed by atoms with E-state index in [1.54, 1.807) is 0 Å². The molecule has 0 bridgehead atoms. The predicted octanol–water partition coefficient (Wildman–Crippen LogP) is 2.91. The van der Waals surface area contributed by atoms with E-state index in [0.29, 0.717) is 17.7 Å². The van der Waals surface area contributed by atoms with Gasteiger partial charge in [0.15, 0.2) is 0 Å². The minimum absolute atomic E-state index is 0.292. The van der Waals surface area contributed by atoms with Crippen LogP contribution in [0.3, 0.4) is 0 Å². The number of benzene rings is 1. The molecule has 2 fully saturated rings. The lowest BCUT2D eigenvalue weighted by atomic mass is 10.0. The van der Waals surface area contributed by atoms with Crippen LogP contribution in [0.2, 0.25) is 0 Å². The van der Waals surface area contributed by atoms with Gasteiger partial charge in [-0.2, -0.15) is 0 Å². The lowest BCUT2D eigenvalue weighted by Crippen LogP contribution is -2.33. The van der Waals surface area contributed by atoms with E-state index >= 15 is 0 Å². The molecule has 0 radical (unpaired) electrons. The van der Waals surface area contributed by atoms with Gasteiger partial charge in [0, 0.05) is 25.4 Å². The average Bonchev–Trinajstić information content (AvgIpc) is 3.38. The number of amides is 1. The Bertz CT molecular complexity index is 705. The van der Waals surface area contributed by atoms with Crippen molar-refractivity contribution in [3.8, 4) is 0 Å². The van der Waals surface area contributed by atoms with Gasteiger partial charge in [-0.3, -0.25) is 4.79 Å². The van der Waals surface area contributed by atoms with Crippen molar-refractivity contribution in [2.24, 2.45) is 11.8 Å². The molecule has 2 aromatic rings. The highest BCUT2D eigenvalue weighted by atomic mass is 16.2. The number of carbonyl (C=O) groups excluding carboxylic acids is 1. The third kappa shape index (κ3) is 3.75. The molecular weight excluding hydrogens is 312 g/mol. The third-order valence-corrected chi connectivity index (χ3v) is 5.66. The molecule has 1 saturated carbocycles. The van der Waals surface area contributed by atoms with Crippen molar-refractivity contribution in [2.45, 2.75) is 45.1 Å². The van der Waals surface area contributed by atoms with Gasteiger partial charge in [-0.05, 0) is 30.7 Å². The van der Waals surface area contributed by atoms with Crippen molar-refractivity contribution in [3.63, 3.8) is 0 Å². The Morgan fingerprint density at radius 2 is 1.92 bits per heavy atom. The van der Waals surface area contributed by atoms with Crippen LogP contribution in [0.15, 0.2) is 36.7 Å². The number of nitrogens with zero attached hydrogens (tertiary/aromatic N) is 4. The average molecular weight is 338 g/mol. The van der Waals surface area contributed by atoms with E-state index in [-0.39, 0.29) is 0 Å². The molecule has 5 heteroatoms. The predicted molar refractivity (Wildman–Crippen MR) is 95.9 cm³/mol. The first-order valence-corrected chi connectivity index (χ1v) is 9.49. The lowest BCUT2D eigenvalue weighted by Gasteiger charge is -2.20. The molecule has 4 rings (SSSR count). The maximum atomic E-state index is 12.6. The quantitative estimate of drug-likeness (QED) is 0.842. The molecule has 25 heavy (non-hydrogen) atoms. The number of hydrogen-bond donors (Lipinski definition) is 0. The number of carbonyl (C=O) groups is 1. The van der Waals surface area contributed by atoms with E-state index in [2.05, 4.69) is 43.9 Å². The monoisotopic (exact) mass is 338 g/mol. The van der Waals surface area contributed by atoms with Crippen molar-refractivity contribution in [1.29, 1.82) is 0 Å². The summed E-state index contributed by atoms with van der Waals surface area (Å²) in [5.74, 6) is 2.22. The summed E-state index contributed by atoms with van der Waals surface area (Å²) in [5.41, 5.74) is 1.26. The van der Waals surface area contributed by atoms with E-state index in [9.17, 15) is 4.79 Å². The van der Waals surface area contributed by atoms with Gasteiger partial charge in [0.2, 0.25) is 5.91 Å². The largest absolute Gasteiger partial charge is 0.342 e. The fourth-order valence-corrected chi connectivity index (χ4v) is 4.24. The first-order chi connectivity index (χ1) is 12.3. The molecule has 1 aromatic heterocycles. The highest BCUT2D eigenvalue weighted by Crippen LogP contribution is 2.29. The standard InChI is InChI=1S/C20H26N4O/c25-20(18-8-4-5-9-18)23-11-10-17(14-23)12-19-22-21-15-24(19)13-16-6-2-1-3-7-16/h1-3,6-7,15,17-18H,4-5,8-14H2. The minimum Gasteiger partial charge on any atom is -0.342 e. The molecule has 1 amide bonds. The molecule has 1 saturated heterocycles. The van der Waals surface area contributed by atoms with E-state index in [0.717, 1.165) is 51.1 Å². The Kier molecular flexibility index (Phi) is 4.81. The van der Waals surface area contributed by atoms with Crippen molar-refractivity contribution >= 4 is 5.91 Å². The molecule has 5 nitrogen and oxygen atoms in total. The fourth-order valence-electron chi connectivity index (χ4n) is 4.24. The molecule has 0 N–H and O–H groups in total. The van der Waals surface area contributed by atoms with Crippen LogP contribution < -0.4 is 0 Å². The SMILES string of the molecule is O=C(C1CCCC1)N1CCC(Cc2nncn2Cc2ccccc2)C1. The topological polar surface area (TPSA) is 51.0 Å². The zero-order valence-electron chi connectivity index (χ0n) is 14.7. The van der Waals surface area contributed by atoms with Crippen LogP contribution in [-0.2, 0) is 17.8 Å². The van der Waals surface area contributed by atoms with Crippen LogP contribution in [0, 0.1) is 11.8 Å². The Hall–Kier alpha value is -2.17.